The lowest BCUT2D eigenvalue weighted by atomic mass is 10.1. The van der Waals surface area contributed by atoms with Crippen molar-refractivity contribution in [3.05, 3.63) is 58.7 Å². The molecule has 2 aliphatic rings. The highest BCUT2D eigenvalue weighted by atomic mass is 35.5. The molecule has 0 spiro atoms. The molecule has 1 atom stereocenters. The lowest BCUT2D eigenvalue weighted by Gasteiger charge is -2.42. The van der Waals surface area contributed by atoms with E-state index in [9.17, 15) is 4.79 Å². The number of morpholine rings is 1. The predicted octanol–water partition coefficient (Wildman–Crippen LogP) is 3.31. The number of piperazine rings is 1. The molecule has 4 rings (SSSR count). The van der Waals surface area contributed by atoms with Gasteiger partial charge in [0.05, 0.1) is 23.8 Å². The Kier molecular flexibility index (Phi) is 6.87. The molecule has 7 heteroatoms. The number of rotatable bonds is 5. The Morgan fingerprint density at radius 1 is 1.17 bits per heavy atom. The zero-order chi connectivity index (χ0) is 20.9. The fraction of sp³-hybridized carbons (Fsp3) is 0.478. The normalized spacial score (nSPS) is 20.4. The van der Waals surface area contributed by atoms with E-state index in [4.69, 9.17) is 16.3 Å². The van der Waals surface area contributed by atoms with Crippen molar-refractivity contribution in [2.24, 2.45) is 0 Å². The Balaban J connectivity index is 1.43. The molecule has 0 N–H and O–H groups in total. The second-order valence-corrected chi connectivity index (χ2v) is 8.31. The van der Waals surface area contributed by atoms with Gasteiger partial charge in [0.25, 0.3) is 5.91 Å². The average Bonchev–Trinajstić information content (AvgIpc) is 2.80. The standard InChI is InChI=1S/C23H29ClN4O2/c1-2-20-17-28(9-8-27(20)16-18-6-4-3-5-7-18)22-21(24)14-19(15-25-22)23(29)26-10-12-30-13-11-26/h3-7,14-15,20H,2,8-13,16-17H2,1H3. The van der Waals surface area contributed by atoms with E-state index in [0.717, 1.165) is 38.4 Å². The Bertz CT molecular complexity index is 858. The summed E-state index contributed by atoms with van der Waals surface area (Å²) in [5.74, 6) is 0.742. The minimum Gasteiger partial charge on any atom is -0.378 e. The van der Waals surface area contributed by atoms with Gasteiger partial charge in [0.15, 0.2) is 0 Å². The van der Waals surface area contributed by atoms with Crippen LogP contribution in [0, 0.1) is 0 Å². The van der Waals surface area contributed by atoms with Crippen LogP contribution >= 0.6 is 11.6 Å². The first-order valence-corrected chi connectivity index (χ1v) is 11.1. The topological polar surface area (TPSA) is 48.9 Å². The van der Waals surface area contributed by atoms with Gasteiger partial charge in [0.2, 0.25) is 0 Å². The van der Waals surface area contributed by atoms with Crippen molar-refractivity contribution in [1.82, 2.24) is 14.8 Å². The summed E-state index contributed by atoms with van der Waals surface area (Å²) in [5.41, 5.74) is 1.88. The number of nitrogens with zero attached hydrogens (tertiary/aromatic N) is 4. The molecular formula is C23H29ClN4O2. The third-order valence-corrected chi connectivity index (χ3v) is 6.25. The molecule has 0 saturated carbocycles. The summed E-state index contributed by atoms with van der Waals surface area (Å²) < 4.78 is 5.33. The largest absolute Gasteiger partial charge is 0.378 e. The summed E-state index contributed by atoms with van der Waals surface area (Å²) in [6.45, 7) is 8.28. The van der Waals surface area contributed by atoms with Crippen molar-refractivity contribution in [3.8, 4) is 0 Å². The molecular weight excluding hydrogens is 400 g/mol. The van der Waals surface area contributed by atoms with E-state index >= 15 is 0 Å². The number of benzene rings is 1. The number of amides is 1. The second-order valence-electron chi connectivity index (χ2n) is 7.90. The predicted molar refractivity (Wildman–Crippen MR) is 119 cm³/mol. The molecule has 1 aromatic heterocycles. The van der Waals surface area contributed by atoms with Gasteiger partial charge in [-0.2, -0.15) is 0 Å². The van der Waals surface area contributed by atoms with Crippen molar-refractivity contribution in [2.75, 3.05) is 50.8 Å². The summed E-state index contributed by atoms with van der Waals surface area (Å²) in [4.78, 5) is 23.9. The highest BCUT2D eigenvalue weighted by Gasteiger charge is 2.28. The number of hydrogen-bond acceptors (Lipinski definition) is 5. The number of hydrogen-bond donors (Lipinski definition) is 0. The molecule has 1 aromatic carbocycles. The molecule has 0 aliphatic carbocycles. The smallest absolute Gasteiger partial charge is 0.255 e. The molecule has 1 unspecified atom stereocenters. The van der Waals surface area contributed by atoms with Gasteiger partial charge in [-0.15, -0.1) is 0 Å². The third kappa shape index (κ3) is 4.77. The highest BCUT2D eigenvalue weighted by Crippen LogP contribution is 2.28. The zero-order valence-corrected chi connectivity index (χ0v) is 18.2. The van der Waals surface area contributed by atoms with Crippen LogP contribution in [0.3, 0.4) is 0 Å². The molecule has 2 saturated heterocycles. The number of halogens is 1. The van der Waals surface area contributed by atoms with E-state index in [1.165, 1.54) is 5.56 Å². The van der Waals surface area contributed by atoms with E-state index in [1.807, 2.05) is 0 Å². The maximum Gasteiger partial charge on any atom is 0.255 e. The molecule has 2 aromatic rings. The first-order valence-electron chi connectivity index (χ1n) is 10.7. The molecule has 1 amide bonds. The first-order chi connectivity index (χ1) is 14.7. The van der Waals surface area contributed by atoms with Crippen LogP contribution in [0.5, 0.6) is 0 Å². The molecule has 3 heterocycles. The lowest BCUT2D eigenvalue weighted by molar-refractivity contribution is 0.0302. The Morgan fingerprint density at radius 2 is 1.93 bits per heavy atom. The van der Waals surface area contributed by atoms with Crippen molar-refractivity contribution in [2.45, 2.75) is 25.9 Å². The maximum atomic E-state index is 12.7. The SMILES string of the molecule is CCC1CN(c2ncc(C(=O)N3CCOCC3)cc2Cl)CCN1Cc1ccccc1. The van der Waals surface area contributed by atoms with Gasteiger partial charge in [-0.25, -0.2) is 4.98 Å². The van der Waals surface area contributed by atoms with Gasteiger partial charge in [-0.05, 0) is 18.1 Å². The molecule has 0 radical (unpaired) electrons. The lowest BCUT2D eigenvalue weighted by Crippen LogP contribution is -2.52. The van der Waals surface area contributed by atoms with E-state index in [-0.39, 0.29) is 5.91 Å². The van der Waals surface area contributed by atoms with Crippen LogP contribution in [0.4, 0.5) is 5.82 Å². The van der Waals surface area contributed by atoms with E-state index in [1.54, 1.807) is 17.2 Å². The number of pyridine rings is 1. The fourth-order valence-corrected chi connectivity index (χ4v) is 4.51. The van der Waals surface area contributed by atoms with Gasteiger partial charge in [-0.3, -0.25) is 9.69 Å². The molecule has 2 aliphatic heterocycles. The van der Waals surface area contributed by atoms with Crippen molar-refractivity contribution in [3.63, 3.8) is 0 Å². The first kappa shape index (κ1) is 21.1. The van der Waals surface area contributed by atoms with E-state index in [2.05, 4.69) is 52.0 Å². The minimum atomic E-state index is -0.0293. The summed E-state index contributed by atoms with van der Waals surface area (Å²) in [6.07, 6.45) is 2.73. The molecule has 6 nitrogen and oxygen atoms in total. The van der Waals surface area contributed by atoms with Crippen LogP contribution in [0.15, 0.2) is 42.6 Å². The number of carbonyl (C=O) groups excluding carboxylic acids is 1. The summed E-state index contributed by atoms with van der Waals surface area (Å²) in [5, 5.41) is 0.542. The summed E-state index contributed by atoms with van der Waals surface area (Å²) in [7, 11) is 0. The number of anilines is 1. The van der Waals surface area contributed by atoms with Gasteiger partial charge in [0.1, 0.15) is 5.82 Å². The van der Waals surface area contributed by atoms with Crippen LogP contribution in [-0.4, -0.2) is 72.7 Å². The molecule has 30 heavy (non-hydrogen) atoms. The Labute approximate surface area is 183 Å². The quantitative estimate of drug-likeness (QED) is 0.731. The highest BCUT2D eigenvalue weighted by molar-refractivity contribution is 6.33. The molecule has 0 bridgehead atoms. The van der Waals surface area contributed by atoms with Gasteiger partial charge >= 0.3 is 0 Å². The van der Waals surface area contributed by atoms with Crippen LogP contribution in [-0.2, 0) is 11.3 Å². The van der Waals surface area contributed by atoms with Crippen LogP contribution in [0.2, 0.25) is 5.02 Å². The summed E-state index contributed by atoms with van der Waals surface area (Å²) in [6, 6.07) is 12.8. The third-order valence-electron chi connectivity index (χ3n) is 5.97. The van der Waals surface area contributed by atoms with Gasteiger partial charge in [-0.1, -0.05) is 48.9 Å². The van der Waals surface area contributed by atoms with Crippen molar-refractivity contribution < 1.29 is 9.53 Å². The average molecular weight is 429 g/mol. The maximum absolute atomic E-state index is 12.7. The number of carbonyl (C=O) groups is 1. The zero-order valence-electron chi connectivity index (χ0n) is 17.5. The van der Waals surface area contributed by atoms with E-state index in [0.29, 0.717) is 42.9 Å². The van der Waals surface area contributed by atoms with Crippen molar-refractivity contribution in [1.29, 1.82) is 0 Å². The fourth-order valence-electron chi connectivity index (χ4n) is 4.23. The second kappa shape index (κ2) is 9.77. The Hall–Kier alpha value is -2.15. The Morgan fingerprint density at radius 3 is 2.63 bits per heavy atom. The van der Waals surface area contributed by atoms with Crippen LogP contribution in [0.1, 0.15) is 29.3 Å². The van der Waals surface area contributed by atoms with Crippen LogP contribution < -0.4 is 4.90 Å². The number of aromatic nitrogens is 1. The molecule has 160 valence electrons. The van der Waals surface area contributed by atoms with Gasteiger partial charge in [0, 0.05) is 51.5 Å². The van der Waals surface area contributed by atoms with Crippen LogP contribution in [0.25, 0.3) is 0 Å². The number of ether oxygens (including phenoxy) is 1. The monoisotopic (exact) mass is 428 g/mol. The van der Waals surface area contributed by atoms with Crippen molar-refractivity contribution >= 4 is 23.3 Å². The molecule has 2 fully saturated rings. The summed E-state index contributed by atoms with van der Waals surface area (Å²) >= 11 is 6.59. The van der Waals surface area contributed by atoms with E-state index < -0.39 is 0 Å². The van der Waals surface area contributed by atoms with Gasteiger partial charge < -0.3 is 14.5 Å². The minimum absolute atomic E-state index is 0.0293.